The average molecular weight is 383 g/mol. The molecule has 1 aliphatic rings. The van der Waals surface area contributed by atoms with E-state index in [-0.39, 0.29) is 11.8 Å². The standard InChI is InChI=1S/C18H20Cl2N2OS/c19-15-11-13(21-10-9-14-6-8-17(20)24-14)5-7-16(15)22-18(23)12-3-1-2-4-12/h5-8,11-12,21H,1-4,9-10H2,(H,22,23). The van der Waals surface area contributed by atoms with Gasteiger partial charge in [-0.25, -0.2) is 0 Å². The van der Waals surface area contributed by atoms with E-state index in [9.17, 15) is 4.79 Å². The van der Waals surface area contributed by atoms with Gasteiger partial charge < -0.3 is 10.6 Å². The molecule has 0 aliphatic heterocycles. The maximum Gasteiger partial charge on any atom is 0.227 e. The third-order valence-corrected chi connectivity index (χ3v) is 5.89. The number of thiophene rings is 1. The van der Waals surface area contributed by atoms with E-state index >= 15 is 0 Å². The van der Waals surface area contributed by atoms with Gasteiger partial charge in [-0.2, -0.15) is 0 Å². The van der Waals surface area contributed by atoms with E-state index in [1.165, 1.54) is 4.88 Å². The smallest absolute Gasteiger partial charge is 0.227 e. The fraction of sp³-hybridized carbons (Fsp3) is 0.389. The monoisotopic (exact) mass is 382 g/mol. The van der Waals surface area contributed by atoms with Crippen LogP contribution in [0.5, 0.6) is 0 Å². The van der Waals surface area contributed by atoms with Crippen molar-refractivity contribution in [3.8, 4) is 0 Å². The lowest BCUT2D eigenvalue weighted by atomic mass is 10.1. The highest BCUT2D eigenvalue weighted by atomic mass is 35.5. The predicted octanol–water partition coefficient (Wildman–Crippen LogP) is 5.84. The molecule has 1 amide bonds. The Morgan fingerprint density at radius 3 is 2.62 bits per heavy atom. The molecule has 1 aliphatic carbocycles. The van der Waals surface area contributed by atoms with E-state index in [1.807, 2.05) is 30.3 Å². The Hall–Kier alpha value is -1.23. The molecule has 1 heterocycles. The van der Waals surface area contributed by atoms with Gasteiger partial charge in [-0.3, -0.25) is 4.79 Å². The van der Waals surface area contributed by atoms with Gasteiger partial charge in [0.1, 0.15) is 0 Å². The molecule has 0 bridgehead atoms. The van der Waals surface area contributed by atoms with Crippen LogP contribution in [0, 0.1) is 5.92 Å². The highest BCUT2D eigenvalue weighted by Crippen LogP contribution is 2.29. The van der Waals surface area contributed by atoms with Crippen molar-refractivity contribution in [3.63, 3.8) is 0 Å². The van der Waals surface area contributed by atoms with Crippen molar-refractivity contribution in [1.29, 1.82) is 0 Å². The molecule has 6 heteroatoms. The van der Waals surface area contributed by atoms with E-state index < -0.39 is 0 Å². The SMILES string of the molecule is O=C(Nc1ccc(NCCc2ccc(Cl)s2)cc1Cl)C1CCCC1. The first kappa shape index (κ1) is 17.6. The molecule has 2 aromatic rings. The average Bonchev–Trinajstić information content (AvgIpc) is 3.22. The minimum Gasteiger partial charge on any atom is -0.385 e. The Kier molecular flexibility index (Phi) is 6.04. The van der Waals surface area contributed by atoms with Crippen molar-refractivity contribution in [3.05, 3.63) is 44.6 Å². The molecular formula is C18H20Cl2N2OS. The number of benzene rings is 1. The van der Waals surface area contributed by atoms with Gasteiger partial charge in [0.2, 0.25) is 5.91 Å². The number of anilines is 2. The van der Waals surface area contributed by atoms with Crippen molar-refractivity contribution < 1.29 is 4.79 Å². The van der Waals surface area contributed by atoms with Crippen LogP contribution in [-0.4, -0.2) is 12.5 Å². The summed E-state index contributed by atoms with van der Waals surface area (Å²) in [6, 6.07) is 9.62. The first-order chi connectivity index (χ1) is 11.6. The Morgan fingerprint density at radius 2 is 1.96 bits per heavy atom. The fourth-order valence-corrected chi connectivity index (χ4v) is 4.28. The number of amides is 1. The van der Waals surface area contributed by atoms with Gasteiger partial charge in [0.15, 0.2) is 0 Å². The van der Waals surface area contributed by atoms with Crippen LogP contribution in [0.25, 0.3) is 0 Å². The first-order valence-electron chi connectivity index (χ1n) is 8.20. The van der Waals surface area contributed by atoms with Gasteiger partial charge in [-0.05, 0) is 49.6 Å². The second kappa shape index (κ2) is 8.24. The van der Waals surface area contributed by atoms with Crippen LogP contribution in [0.15, 0.2) is 30.3 Å². The number of halogens is 2. The Bertz CT molecular complexity index is 711. The first-order valence-corrected chi connectivity index (χ1v) is 9.77. The van der Waals surface area contributed by atoms with Crippen LogP contribution in [0.3, 0.4) is 0 Å². The molecule has 2 N–H and O–H groups in total. The van der Waals surface area contributed by atoms with Crippen molar-refractivity contribution in [2.45, 2.75) is 32.1 Å². The fourth-order valence-electron chi connectivity index (χ4n) is 2.97. The summed E-state index contributed by atoms with van der Waals surface area (Å²) >= 11 is 13.8. The number of carbonyl (C=O) groups excluding carboxylic acids is 1. The minimum atomic E-state index is 0.0877. The predicted molar refractivity (Wildman–Crippen MR) is 104 cm³/mol. The summed E-state index contributed by atoms with van der Waals surface area (Å²) in [7, 11) is 0. The number of rotatable bonds is 6. The lowest BCUT2D eigenvalue weighted by Gasteiger charge is -2.13. The highest BCUT2D eigenvalue weighted by Gasteiger charge is 2.23. The molecule has 1 aromatic carbocycles. The quantitative estimate of drug-likeness (QED) is 0.658. The number of hydrogen-bond acceptors (Lipinski definition) is 3. The summed E-state index contributed by atoms with van der Waals surface area (Å²) in [6.45, 7) is 0.806. The zero-order valence-electron chi connectivity index (χ0n) is 13.3. The normalized spacial score (nSPS) is 14.8. The number of nitrogens with one attached hydrogen (secondary N) is 2. The van der Waals surface area contributed by atoms with Crippen LogP contribution in [0.4, 0.5) is 11.4 Å². The topological polar surface area (TPSA) is 41.1 Å². The minimum absolute atomic E-state index is 0.0877. The van der Waals surface area contributed by atoms with E-state index in [4.69, 9.17) is 23.2 Å². The third-order valence-electron chi connectivity index (χ3n) is 4.28. The molecule has 24 heavy (non-hydrogen) atoms. The zero-order chi connectivity index (χ0) is 16.9. The lowest BCUT2D eigenvalue weighted by molar-refractivity contribution is -0.119. The van der Waals surface area contributed by atoms with Crippen molar-refractivity contribution in [2.75, 3.05) is 17.2 Å². The van der Waals surface area contributed by atoms with E-state index in [0.717, 1.165) is 48.7 Å². The van der Waals surface area contributed by atoms with Crippen LogP contribution in [0.2, 0.25) is 9.36 Å². The van der Waals surface area contributed by atoms with Crippen LogP contribution in [0.1, 0.15) is 30.6 Å². The molecule has 0 saturated heterocycles. The molecule has 0 radical (unpaired) electrons. The number of carbonyl (C=O) groups is 1. The lowest BCUT2D eigenvalue weighted by Crippen LogP contribution is -2.20. The Labute approximate surface area is 156 Å². The van der Waals surface area contributed by atoms with Crippen LogP contribution < -0.4 is 10.6 Å². The van der Waals surface area contributed by atoms with Crippen LogP contribution in [-0.2, 0) is 11.2 Å². The number of hydrogen-bond donors (Lipinski definition) is 2. The van der Waals surface area contributed by atoms with Crippen molar-refractivity contribution in [2.24, 2.45) is 5.92 Å². The molecule has 1 aromatic heterocycles. The van der Waals surface area contributed by atoms with Crippen LogP contribution >= 0.6 is 34.5 Å². The third kappa shape index (κ3) is 4.65. The highest BCUT2D eigenvalue weighted by molar-refractivity contribution is 7.16. The molecule has 0 unspecified atom stereocenters. The second-order valence-corrected chi connectivity index (χ2v) is 8.25. The van der Waals surface area contributed by atoms with Gasteiger partial charge >= 0.3 is 0 Å². The maximum atomic E-state index is 12.2. The summed E-state index contributed by atoms with van der Waals surface area (Å²) in [5, 5.41) is 6.86. The molecule has 0 atom stereocenters. The molecule has 128 valence electrons. The molecule has 3 rings (SSSR count). The largest absolute Gasteiger partial charge is 0.385 e. The van der Waals surface area contributed by atoms with Gasteiger partial charge in [-0.15, -0.1) is 11.3 Å². The Morgan fingerprint density at radius 1 is 1.17 bits per heavy atom. The molecule has 0 spiro atoms. The zero-order valence-corrected chi connectivity index (χ0v) is 15.6. The van der Waals surface area contributed by atoms with Gasteiger partial charge in [0, 0.05) is 23.0 Å². The summed E-state index contributed by atoms with van der Waals surface area (Å²) in [5.74, 6) is 0.223. The maximum absolute atomic E-state index is 12.2. The molecule has 3 nitrogen and oxygen atoms in total. The summed E-state index contributed by atoms with van der Waals surface area (Å²) in [5.41, 5.74) is 1.63. The van der Waals surface area contributed by atoms with Crippen molar-refractivity contribution >= 4 is 51.8 Å². The molecular weight excluding hydrogens is 363 g/mol. The van der Waals surface area contributed by atoms with Gasteiger partial charge in [0.25, 0.3) is 0 Å². The van der Waals surface area contributed by atoms with Crippen molar-refractivity contribution in [1.82, 2.24) is 0 Å². The summed E-state index contributed by atoms with van der Waals surface area (Å²) < 4.78 is 0.815. The van der Waals surface area contributed by atoms with E-state index in [1.54, 1.807) is 11.3 Å². The van der Waals surface area contributed by atoms with Gasteiger partial charge in [0.05, 0.1) is 15.0 Å². The summed E-state index contributed by atoms with van der Waals surface area (Å²) in [4.78, 5) is 13.4. The molecule has 1 fully saturated rings. The van der Waals surface area contributed by atoms with E-state index in [2.05, 4.69) is 10.6 Å². The van der Waals surface area contributed by atoms with Gasteiger partial charge in [-0.1, -0.05) is 36.0 Å². The summed E-state index contributed by atoms with van der Waals surface area (Å²) in [6.07, 6.45) is 5.16. The Balaban J connectivity index is 1.52. The molecule has 1 saturated carbocycles. The second-order valence-electron chi connectivity index (χ2n) is 6.05. The van der Waals surface area contributed by atoms with E-state index in [0.29, 0.717) is 10.7 Å².